The van der Waals surface area contributed by atoms with Gasteiger partial charge < -0.3 is 4.74 Å². The molecule has 2 atom stereocenters. The minimum Gasteiger partial charge on any atom is -0.370 e. The highest BCUT2D eigenvalue weighted by molar-refractivity contribution is 5.88. The van der Waals surface area contributed by atoms with E-state index in [4.69, 9.17) is 4.74 Å². The standard InChI is InChI=1S/C15H28O2/c1-11-8-7-9-12(2)15(11,17-6)13(16)10-14(3,4)5/h11-12H,7-10H2,1-6H3. The van der Waals surface area contributed by atoms with Gasteiger partial charge in [-0.15, -0.1) is 0 Å². The van der Waals surface area contributed by atoms with Crippen LogP contribution < -0.4 is 0 Å². The molecule has 0 aliphatic heterocycles. The van der Waals surface area contributed by atoms with Gasteiger partial charge in [0.2, 0.25) is 0 Å². The first-order valence-corrected chi connectivity index (χ1v) is 6.82. The van der Waals surface area contributed by atoms with E-state index in [1.807, 2.05) is 0 Å². The number of rotatable bonds is 3. The highest BCUT2D eigenvalue weighted by Gasteiger charge is 2.50. The lowest BCUT2D eigenvalue weighted by molar-refractivity contribution is -0.164. The largest absolute Gasteiger partial charge is 0.370 e. The Labute approximate surface area is 106 Å². The van der Waals surface area contributed by atoms with Crippen molar-refractivity contribution in [1.82, 2.24) is 0 Å². The Kier molecular flexibility index (Phi) is 4.40. The van der Waals surface area contributed by atoms with E-state index in [2.05, 4.69) is 34.6 Å². The smallest absolute Gasteiger partial charge is 0.165 e. The van der Waals surface area contributed by atoms with E-state index in [9.17, 15) is 4.79 Å². The summed E-state index contributed by atoms with van der Waals surface area (Å²) in [5.41, 5.74) is -0.495. The van der Waals surface area contributed by atoms with Crippen molar-refractivity contribution in [1.29, 1.82) is 0 Å². The summed E-state index contributed by atoms with van der Waals surface area (Å²) in [6.07, 6.45) is 4.04. The van der Waals surface area contributed by atoms with Crippen molar-refractivity contribution in [3.05, 3.63) is 0 Å². The van der Waals surface area contributed by atoms with Crippen molar-refractivity contribution >= 4 is 5.78 Å². The van der Waals surface area contributed by atoms with E-state index in [-0.39, 0.29) is 5.41 Å². The zero-order valence-corrected chi connectivity index (χ0v) is 12.3. The molecule has 0 bridgehead atoms. The van der Waals surface area contributed by atoms with Crippen molar-refractivity contribution in [2.24, 2.45) is 17.3 Å². The summed E-state index contributed by atoms with van der Waals surface area (Å²) >= 11 is 0. The van der Waals surface area contributed by atoms with Gasteiger partial charge in [-0.05, 0) is 30.1 Å². The summed E-state index contributed by atoms with van der Waals surface area (Å²) in [7, 11) is 1.71. The molecule has 2 unspecified atom stereocenters. The number of carbonyl (C=O) groups excluding carboxylic acids is 1. The quantitative estimate of drug-likeness (QED) is 0.749. The Morgan fingerprint density at radius 3 is 2.06 bits per heavy atom. The average molecular weight is 240 g/mol. The predicted molar refractivity (Wildman–Crippen MR) is 71.0 cm³/mol. The molecule has 0 amide bonds. The average Bonchev–Trinajstić information content (AvgIpc) is 2.15. The Bertz CT molecular complexity index is 265. The van der Waals surface area contributed by atoms with E-state index in [0.29, 0.717) is 24.0 Å². The van der Waals surface area contributed by atoms with Crippen molar-refractivity contribution in [3.63, 3.8) is 0 Å². The third-order valence-corrected chi connectivity index (χ3v) is 4.20. The second kappa shape index (κ2) is 5.09. The maximum atomic E-state index is 12.7. The molecule has 1 saturated carbocycles. The molecule has 0 saturated heterocycles. The fourth-order valence-corrected chi connectivity index (χ4v) is 3.33. The van der Waals surface area contributed by atoms with Crippen molar-refractivity contribution in [2.75, 3.05) is 7.11 Å². The van der Waals surface area contributed by atoms with Crippen molar-refractivity contribution < 1.29 is 9.53 Å². The van der Waals surface area contributed by atoms with E-state index in [1.165, 1.54) is 6.42 Å². The molecular formula is C15H28O2. The van der Waals surface area contributed by atoms with Crippen LogP contribution in [-0.2, 0) is 9.53 Å². The fraction of sp³-hybridized carbons (Fsp3) is 0.933. The second-order valence-electron chi connectivity index (χ2n) is 6.89. The molecule has 0 heterocycles. The van der Waals surface area contributed by atoms with Gasteiger partial charge in [0.05, 0.1) is 0 Å². The van der Waals surface area contributed by atoms with Gasteiger partial charge in [-0.2, -0.15) is 0 Å². The van der Waals surface area contributed by atoms with Gasteiger partial charge in [-0.25, -0.2) is 0 Å². The van der Waals surface area contributed by atoms with E-state index >= 15 is 0 Å². The van der Waals surface area contributed by atoms with E-state index in [1.54, 1.807) is 7.11 Å². The van der Waals surface area contributed by atoms with Gasteiger partial charge in [0, 0.05) is 13.5 Å². The third-order valence-electron chi connectivity index (χ3n) is 4.20. The summed E-state index contributed by atoms with van der Waals surface area (Å²) in [6, 6.07) is 0. The van der Waals surface area contributed by atoms with Crippen LogP contribution in [0.5, 0.6) is 0 Å². The van der Waals surface area contributed by atoms with Crippen LogP contribution in [0.25, 0.3) is 0 Å². The molecule has 0 N–H and O–H groups in total. The fourth-order valence-electron chi connectivity index (χ4n) is 3.33. The SMILES string of the molecule is COC1(C(=O)CC(C)(C)C)C(C)CCCC1C. The van der Waals surface area contributed by atoms with Gasteiger partial charge in [-0.1, -0.05) is 41.0 Å². The van der Waals surface area contributed by atoms with Crippen LogP contribution in [0.2, 0.25) is 0 Å². The number of ketones is 1. The number of ether oxygens (including phenoxy) is 1. The van der Waals surface area contributed by atoms with Crippen LogP contribution in [0, 0.1) is 17.3 Å². The maximum absolute atomic E-state index is 12.7. The number of Topliss-reactive ketones (excluding diaryl/α,β-unsaturated/α-hetero) is 1. The topological polar surface area (TPSA) is 26.3 Å². The van der Waals surface area contributed by atoms with Crippen LogP contribution >= 0.6 is 0 Å². The third kappa shape index (κ3) is 2.90. The highest BCUT2D eigenvalue weighted by Crippen LogP contribution is 2.43. The monoisotopic (exact) mass is 240 g/mol. The number of hydrogen-bond acceptors (Lipinski definition) is 2. The van der Waals surface area contributed by atoms with Gasteiger partial charge in [0.1, 0.15) is 5.60 Å². The van der Waals surface area contributed by atoms with Crippen LogP contribution in [0.3, 0.4) is 0 Å². The summed E-state index contributed by atoms with van der Waals surface area (Å²) in [5.74, 6) is 0.976. The molecule has 0 radical (unpaired) electrons. The van der Waals surface area contributed by atoms with E-state index < -0.39 is 5.60 Å². The molecule has 17 heavy (non-hydrogen) atoms. The summed E-state index contributed by atoms with van der Waals surface area (Å²) in [6.45, 7) is 10.7. The summed E-state index contributed by atoms with van der Waals surface area (Å²) < 4.78 is 5.76. The molecule has 0 aromatic carbocycles. The Hall–Kier alpha value is -0.370. The second-order valence-corrected chi connectivity index (χ2v) is 6.89. The Morgan fingerprint density at radius 2 is 1.71 bits per heavy atom. The predicted octanol–water partition coefficient (Wildman–Crippen LogP) is 3.83. The van der Waals surface area contributed by atoms with Gasteiger partial charge in [0.25, 0.3) is 0 Å². The van der Waals surface area contributed by atoms with Gasteiger partial charge >= 0.3 is 0 Å². The van der Waals surface area contributed by atoms with Crippen LogP contribution in [-0.4, -0.2) is 18.5 Å². The molecule has 0 aromatic rings. The zero-order valence-electron chi connectivity index (χ0n) is 12.3. The first-order chi connectivity index (χ1) is 7.74. The number of carbonyl (C=O) groups is 1. The number of methoxy groups -OCH3 is 1. The minimum atomic E-state index is -0.536. The molecule has 1 aliphatic rings. The van der Waals surface area contributed by atoms with E-state index in [0.717, 1.165) is 12.8 Å². The molecule has 0 aromatic heterocycles. The summed E-state index contributed by atoms with van der Waals surface area (Å²) in [5, 5.41) is 0. The van der Waals surface area contributed by atoms with Gasteiger partial charge in [-0.3, -0.25) is 4.79 Å². The first kappa shape index (κ1) is 14.7. The lowest BCUT2D eigenvalue weighted by Gasteiger charge is -2.46. The molecular weight excluding hydrogens is 212 g/mol. The molecule has 100 valence electrons. The maximum Gasteiger partial charge on any atom is 0.165 e. The molecule has 0 spiro atoms. The lowest BCUT2D eigenvalue weighted by atomic mass is 9.65. The summed E-state index contributed by atoms with van der Waals surface area (Å²) in [4.78, 5) is 12.7. The molecule has 1 rings (SSSR count). The minimum absolute atomic E-state index is 0.0412. The molecule has 1 fully saturated rings. The Morgan fingerprint density at radius 1 is 1.24 bits per heavy atom. The zero-order chi connectivity index (χ0) is 13.3. The molecule has 1 aliphatic carbocycles. The molecule has 2 heteroatoms. The first-order valence-electron chi connectivity index (χ1n) is 6.82. The van der Waals surface area contributed by atoms with Crippen LogP contribution in [0.1, 0.15) is 60.3 Å². The van der Waals surface area contributed by atoms with Crippen LogP contribution in [0.15, 0.2) is 0 Å². The molecule has 2 nitrogen and oxygen atoms in total. The number of hydrogen-bond donors (Lipinski definition) is 0. The lowest BCUT2D eigenvalue weighted by Crippen LogP contribution is -2.54. The normalized spacial score (nSPS) is 34.7. The van der Waals surface area contributed by atoms with Crippen molar-refractivity contribution in [3.8, 4) is 0 Å². The highest BCUT2D eigenvalue weighted by atomic mass is 16.5. The van der Waals surface area contributed by atoms with Crippen LogP contribution in [0.4, 0.5) is 0 Å². The Balaban J connectivity index is 2.96. The van der Waals surface area contributed by atoms with Gasteiger partial charge in [0.15, 0.2) is 5.78 Å². The van der Waals surface area contributed by atoms with Crippen molar-refractivity contribution in [2.45, 2.75) is 65.9 Å².